The van der Waals surface area contributed by atoms with Crippen LogP contribution in [0.1, 0.15) is 0 Å². The zero-order chi connectivity index (χ0) is 18.4. The summed E-state index contributed by atoms with van der Waals surface area (Å²) < 4.78 is 16.4. The minimum Gasteiger partial charge on any atom is -0.493 e. The molecule has 9 heteroatoms. The third kappa shape index (κ3) is 4.01. The Morgan fingerprint density at radius 1 is 1.00 bits per heavy atom. The van der Waals surface area contributed by atoms with E-state index in [1.54, 1.807) is 55.2 Å². The molecule has 0 atom stereocenters. The largest absolute Gasteiger partial charge is 0.493 e. The van der Waals surface area contributed by atoms with Crippen molar-refractivity contribution in [2.45, 2.75) is 0 Å². The van der Waals surface area contributed by atoms with Gasteiger partial charge in [-0.1, -0.05) is 6.07 Å². The summed E-state index contributed by atoms with van der Waals surface area (Å²) in [6, 6.07) is 8.16. The van der Waals surface area contributed by atoms with Crippen molar-refractivity contribution < 1.29 is 19.0 Å². The Hall–Kier alpha value is -3.33. The molecule has 3 rings (SSSR count). The molecular weight excluding hydrogens is 356 g/mol. The molecule has 0 radical (unpaired) electrons. The fourth-order valence-electron chi connectivity index (χ4n) is 2.15. The lowest BCUT2D eigenvalue weighted by Gasteiger charge is -2.14. The normalized spacial score (nSPS) is 10.1. The first-order chi connectivity index (χ1) is 12.7. The van der Waals surface area contributed by atoms with Crippen LogP contribution >= 0.6 is 11.3 Å². The molecule has 26 heavy (non-hydrogen) atoms. The number of ether oxygens (including phenoxy) is 3. The summed E-state index contributed by atoms with van der Waals surface area (Å²) in [6.07, 6.45) is 3.17. The van der Waals surface area contributed by atoms with E-state index in [0.29, 0.717) is 28.1 Å². The van der Waals surface area contributed by atoms with Gasteiger partial charge in [-0.15, -0.1) is 11.3 Å². The number of nitrogens with zero attached hydrogens (tertiary/aromatic N) is 2. The molecule has 2 aromatic heterocycles. The van der Waals surface area contributed by atoms with Gasteiger partial charge in [-0.3, -0.25) is 5.32 Å². The molecule has 1 aromatic carbocycles. The SMILES string of the molecule is COc1cccc(Oc2ncccc2NC(=O)Nc2nccs2)c1OC. The van der Waals surface area contributed by atoms with Crippen molar-refractivity contribution in [3.63, 3.8) is 0 Å². The van der Waals surface area contributed by atoms with E-state index in [-0.39, 0.29) is 5.88 Å². The van der Waals surface area contributed by atoms with Crippen LogP contribution in [0.2, 0.25) is 0 Å². The molecule has 0 spiro atoms. The van der Waals surface area contributed by atoms with Crippen molar-refractivity contribution in [3.05, 3.63) is 48.1 Å². The Morgan fingerprint density at radius 2 is 1.85 bits per heavy atom. The van der Waals surface area contributed by atoms with Gasteiger partial charge in [0, 0.05) is 17.8 Å². The molecular formula is C17H16N4O4S. The van der Waals surface area contributed by atoms with Crippen LogP contribution in [0.25, 0.3) is 0 Å². The van der Waals surface area contributed by atoms with E-state index < -0.39 is 6.03 Å². The van der Waals surface area contributed by atoms with Gasteiger partial charge in [-0.25, -0.2) is 14.8 Å². The van der Waals surface area contributed by atoms with Crippen molar-refractivity contribution in [3.8, 4) is 23.1 Å². The predicted molar refractivity (Wildman–Crippen MR) is 98.6 cm³/mol. The third-order valence-electron chi connectivity index (χ3n) is 3.25. The summed E-state index contributed by atoms with van der Waals surface area (Å²) in [5.74, 6) is 1.58. The summed E-state index contributed by atoms with van der Waals surface area (Å²) in [7, 11) is 3.06. The maximum absolute atomic E-state index is 12.1. The number of para-hydroxylation sites is 1. The highest BCUT2D eigenvalue weighted by Crippen LogP contribution is 2.40. The van der Waals surface area contributed by atoms with Crippen LogP contribution in [0.15, 0.2) is 48.1 Å². The molecule has 0 aliphatic carbocycles. The van der Waals surface area contributed by atoms with Crippen LogP contribution in [0, 0.1) is 0 Å². The van der Waals surface area contributed by atoms with E-state index in [1.165, 1.54) is 18.4 Å². The number of pyridine rings is 1. The number of carbonyl (C=O) groups excluding carboxylic acids is 1. The van der Waals surface area contributed by atoms with Crippen LogP contribution in [-0.2, 0) is 0 Å². The van der Waals surface area contributed by atoms with Crippen LogP contribution in [0.5, 0.6) is 23.1 Å². The summed E-state index contributed by atoms with van der Waals surface area (Å²) >= 11 is 1.32. The van der Waals surface area contributed by atoms with Gasteiger partial charge in [-0.2, -0.15) is 0 Å². The van der Waals surface area contributed by atoms with E-state index >= 15 is 0 Å². The monoisotopic (exact) mass is 372 g/mol. The fourth-order valence-corrected chi connectivity index (χ4v) is 2.67. The molecule has 134 valence electrons. The maximum Gasteiger partial charge on any atom is 0.325 e. The highest BCUT2D eigenvalue weighted by atomic mass is 32.1. The Kier molecular flexibility index (Phi) is 5.49. The van der Waals surface area contributed by atoms with Gasteiger partial charge in [0.1, 0.15) is 5.69 Å². The number of benzene rings is 1. The molecule has 0 bridgehead atoms. The van der Waals surface area contributed by atoms with E-state index in [4.69, 9.17) is 14.2 Å². The summed E-state index contributed by atoms with van der Waals surface area (Å²) in [4.78, 5) is 20.3. The van der Waals surface area contributed by atoms with Crippen LogP contribution in [-0.4, -0.2) is 30.2 Å². The zero-order valence-electron chi connectivity index (χ0n) is 14.1. The third-order valence-corrected chi connectivity index (χ3v) is 3.93. The standard InChI is InChI=1S/C17H16N4O4S/c1-23-12-6-3-7-13(14(12)24-2)25-15-11(5-4-8-18-15)20-16(22)21-17-19-9-10-26-17/h3-10H,1-2H3,(H2,19,20,21,22). The van der Waals surface area contributed by atoms with Gasteiger partial charge in [0.25, 0.3) is 0 Å². The lowest BCUT2D eigenvalue weighted by atomic mass is 10.3. The Morgan fingerprint density at radius 3 is 2.58 bits per heavy atom. The second kappa shape index (κ2) is 8.17. The molecule has 0 aliphatic heterocycles. The van der Waals surface area contributed by atoms with Crippen molar-refractivity contribution in [1.29, 1.82) is 0 Å². The Labute approximate surface area is 153 Å². The van der Waals surface area contributed by atoms with Crippen LogP contribution < -0.4 is 24.8 Å². The van der Waals surface area contributed by atoms with Gasteiger partial charge in [-0.05, 0) is 24.3 Å². The van der Waals surface area contributed by atoms with Crippen molar-refractivity contribution >= 4 is 28.2 Å². The first-order valence-electron chi connectivity index (χ1n) is 7.52. The van der Waals surface area contributed by atoms with Gasteiger partial charge in [0.2, 0.25) is 11.6 Å². The lowest BCUT2D eigenvalue weighted by molar-refractivity contribution is 0.262. The summed E-state index contributed by atoms with van der Waals surface area (Å²) in [5.41, 5.74) is 0.395. The molecule has 0 saturated heterocycles. The number of nitrogens with one attached hydrogen (secondary N) is 2. The van der Waals surface area contributed by atoms with E-state index in [0.717, 1.165) is 0 Å². The molecule has 2 amide bonds. The number of methoxy groups -OCH3 is 2. The maximum atomic E-state index is 12.1. The Bertz CT molecular complexity index is 886. The minimum atomic E-state index is -0.449. The second-order valence-electron chi connectivity index (χ2n) is 4.87. The average molecular weight is 372 g/mol. The molecule has 8 nitrogen and oxygen atoms in total. The molecule has 2 N–H and O–H groups in total. The van der Waals surface area contributed by atoms with Crippen LogP contribution in [0.3, 0.4) is 0 Å². The summed E-state index contributed by atoms with van der Waals surface area (Å²) in [6.45, 7) is 0. The zero-order valence-corrected chi connectivity index (χ0v) is 14.9. The van der Waals surface area contributed by atoms with Crippen molar-refractivity contribution in [2.24, 2.45) is 0 Å². The highest BCUT2D eigenvalue weighted by Gasteiger charge is 2.15. The van der Waals surface area contributed by atoms with Gasteiger partial charge in [0.15, 0.2) is 16.6 Å². The minimum absolute atomic E-state index is 0.216. The lowest BCUT2D eigenvalue weighted by Crippen LogP contribution is -2.19. The number of rotatable bonds is 6. The van der Waals surface area contributed by atoms with Gasteiger partial charge in [0.05, 0.1) is 14.2 Å². The number of aromatic nitrogens is 2. The van der Waals surface area contributed by atoms with Gasteiger partial charge >= 0.3 is 6.03 Å². The molecule has 0 unspecified atom stereocenters. The first-order valence-corrected chi connectivity index (χ1v) is 8.40. The number of hydrogen-bond acceptors (Lipinski definition) is 7. The summed E-state index contributed by atoms with van der Waals surface area (Å²) in [5, 5.41) is 7.58. The van der Waals surface area contributed by atoms with E-state index in [1.807, 2.05) is 0 Å². The van der Waals surface area contributed by atoms with Crippen LogP contribution in [0.4, 0.5) is 15.6 Å². The van der Waals surface area contributed by atoms with Gasteiger partial charge < -0.3 is 19.5 Å². The van der Waals surface area contributed by atoms with E-state index in [2.05, 4.69) is 20.6 Å². The smallest absolute Gasteiger partial charge is 0.325 e. The molecule has 3 aromatic rings. The Balaban J connectivity index is 1.80. The number of urea groups is 1. The number of anilines is 2. The predicted octanol–water partition coefficient (Wildman–Crippen LogP) is 3.99. The number of thiazole rings is 1. The highest BCUT2D eigenvalue weighted by molar-refractivity contribution is 7.13. The topological polar surface area (TPSA) is 94.6 Å². The fraction of sp³-hybridized carbons (Fsp3) is 0.118. The van der Waals surface area contributed by atoms with Crippen molar-refractivity contribution in [2.75, 3.05) is 24.9 Å². The first kappa shape index (κ1) is 17.5. The quantitative estimate of drug-likeness (QED) is 0.679. The molecule has 2 heterocycles. The van der Waals surface area contributed by atoms with E-state index in [9.17, 15) is 4.79 Å². The molecule has 0 aliphatic rings. The molecule has 0 saturated carbocycles. The number of amides is 2. The van der Waals surface area contributed by atoms with Crippen molar-refractivity contribution in [1.82, 2.24) is 9.97 Å². The number of hydrogen-bond donors (Lipinski definition) is 2. The second-order valence-corrected chi connectivity index (χ2v) is 5.76. The average Bonchev–Trinajstić information content (AvgIpc) is 3.16. The number of carbonyl (C=O) groups is 1. The molecule has 0 fully saturated rings.